The first-order chi connectivity index (χ1) is 15.0. The van der Waals surface area contributed by atoms with E-state index in [4.69, 9.17) is 9.47 Å². The fourth-order valence-corrected chi connectivity index (χ4v) is 4.16. The summed E-state index contributed by atoms with van der Waals surface area (Å²) >= 11 is 0. The molecule has 5 rings (SSSR count). The molecule has 0 spiro atoms. The van der Waals surface area contributed by atoms with Crippen LogP contribution in [0.1, 0.15) is 5.69 Å². The van der Waals surface area contributed by atoms with Crippen LogP contribution in [0.4, 0.5) is 10.1 Å². The molecule has 31 heavy (non-hydrogen) atoms. The van der Waals surface area contributed by atoms with Crippen LogP contribution in [0.25, 0.3) is 5.65 Å². The largest absolute Gasteiger partial charge is 0.504 e. The molecular formula is C22H23FN4O4. The maximum absolute atomic E-state index is 13.4. The van der Waals surface area contributed by atoms with Crippen LogP contribution in [0.3, 0.4) is 0 Å². The number of nitrogens with zero attached hydrogens (tertiary/aromatic N) is 3. The highest BCUT2D eigenvalue weighted by Gasteiger charge is 2.37. The Morgan fingerprint density at radius 2 is 1.90 bits per heavy atom. The first-order valence-electron chi connectivity index (χ1n) is 10.2. The van der Waals surface area contributed by atoms with E-state index in [2.05, 4.69) is 15.2 Å². The summed E-state index contributed by atoms with van der Waals surface area (Å²) in [6, 6.07) is 10.9. The number of aromatic nitrogens is 2. The molecule has 2 aliphatic rings. The highest BCUT2D eigenvalue weighted by atomic mass is 19.1. The number of benzene rings is 1. The summed E-state index contributed by atoms with van der Waals surface area (Å²) in [4.78, 5) is 18.9. The van der Waals surface area contributed by atoms with Crippen LogP contribution in [0, 0.1) is 5.82 Å². The molecule has 0 saturated carbocycles. The molecular weight excluding hydrogens is 403 g/mol. The van der Waals surface area contributed by atoms with Gasteiger partial charge in [-0.15, -0.1) is 0 Å². The smallest absolute Gasteiger partial charge is 0.258 e. The fourth-order valence-electron chi connectivity index (χ4n) is 4.16. The number of nitrogens with one attached hydrogen (secondary N) is 1. The summed E-state index contributed by atoms with van der Waals surface area (Å²) in [6.07, 6.45) is 1.40. The number of ether oxygens (including phenoxy) is 2. The first-order valence-corrected chi connectivity index (χ1v) is 10.2. The highest BCUT2D eigenvalue weighted by molar-refractivity contribution is 5.52. The van der Waals surface area contributed by atoms with E-state index in [0.717, 1.165) is 0 Å². The Balaban J connectivity index is 1.22. The number of fused-ring (bicyclic) bond motifs is 2. The summed E-state index contributed by atoms with van der Waals surface area (Å²) in [6.45, 7) is 2.67. The highest BCUT2D eigenvalue weighted by Crippen LogP contribution is 2.23. The summed E-state index contributed by atoms with van der Waals surface area (Å²) < 4.78 is 26.9. The molecule has 1 aromatic carbocycles. The van der Waals surface area contributed by atoms with Gasteiger partial charge in [-0.3, -0.25) is 14.1 Å². The zero-order valence-electron chi connectivity index (χ0n) is 16.8. The van der Waals surface area contributed by atoms with Gasteiger partial charge in [0.05, 0.1) is 37.2 Å². The quantitative estimate of drug-likeness (QED) is 0.656. The molecule has 2 aliphatic heterocycles. The Kier molecular flexibility index (Phi) is 5.31. The van der Waals surface area contributed by atoms with Gasteiger partial charge in [-0.05, 0) is 30.3 Å². The summed E-state index contributed by atoms with van der Waals surface area (Å²) in [5, 5.41) is 13.3. The average molecular weight is 426 g/mol. The van der Waals surface area contributed by atoms with Crippen LogP contribution in [0.5, 0.6) is 5.75 Å². The number of rotatable bonds is 4. The molecule has 0 radical (unpaired) electrons. The maximum atomic E-state index is 13.4. The van der Waals surface area contributed by atoms with Crippen molar-refractivity contribution in [2.75, 3.05) is 31.6 Å². The lowest BCUT2D eigenvalue weighted by atomic mass is 10.2. The number of pyridine rings is 1. The second-order valence-electron chi connectivity index (χ2n) is 7.96. The van der Waals surface area contributed by atoms with Crippen LogP contribution in [0.15, 0.2) is 53.5 Å². The van der Waals surface area contributed by atoms with Crippen molar-refractivity contribution >= 4 is 11.3 Å². The zero-order valence-corrected chi connectivity index (χ0v) is 16.8. The van der Waals surface area contributed by atoms with Crippen LogP contribution >= 0.6 is 0 Å². The fraction of sp³-hybridized carbons (Fsp3) is 0.364. The van der Waals surface area contributed by atoms with E-state index < -0.39 is 0 Å². The minimum atomic E-state index is -0.289. The van der Waals surface area contributed by atoms with E-state index >= 15 is 0 Å². The third-order valence-corrected chi connectivity index (χ3v) is 5.62. The van der Waals surface area contributed by atoms with Gasteiger partial charge < -0.3 is 19.9 Å². The van der Waals surface area contributed by atoms with Crippen molar-refractivity contribution in [3.05, 3.63) is 70.5 Å². The molecule has 0 unspecified atom stereocenters. The number of hydrogen-bond acceptors (Lipinski definition) is 7. The lowest BCUT2D eigenvalue weighted by Crippen LogP contribution is -2.31. The molecule has 8 nitrogen and oxygen atoms in total. The Hall–Kier alpha value is -3.01. The minimum absolute atomic E-state index is 0.0310. The van der Waals surface area contributed by atoms with Crippen molar-refractivity contribution in [1.29, 1.82) is 0 Å². The molecule has 0 bridgehead atoms. The number of anilines is 1. The Morgan fingerprint density at radius 3 is 2.65 bits per heavy atom. The molecule has 2 saturated heterocycles. The predicted octanol–water partition coefficient (Wildman–Crippen LogP) is 1.62. The van der Waals surface area contributed by atoms with Gasteiger partial charge in [0, 0.05) is 37.6 Å². The van der Waals surface area contributed by atoms with Gasteiger partial charge in [-0.1, -0.05) is 6.07 Å². The topological polar surface area (TPSA) is 88.3 Å². The maximum Gasteiger partial charge on any atom is 0.258 e. The molecule has 2 aromatic heterocycles. The van der Waals surface area contributed by atoms with Crippen LogP contribution in [-0.4, -0.2) is 63.9 Å². The lowest BCUT2D eigenvalue weighted by Gasteiger charge is -2.20. The minimum Gasteiger partial charge on any atom is -0.504 e. The molecule has 3 aromatic rings. The second-order valence-corrected chi connectivity index (χ2v) is 7.96. The molecule has 2 N–H and O–H groups in total. The zero-order chi connectivity index (χ0) is 21.4. The van der Waals surface area contributed by atoms with Gasteiger partial charge >= 0.3 is 0 Å². The summed E-state index contributed by atoms with van der Waals surface area (Å²) in [7, 11) is 0. The van der Waals surface area contributed by atoms with Crippen molar-refractivity contribution < 1.29 is 19.0 Å². The number of aromatic hydroxyl groups is 1. The monoisotopic (exact) mass is 426 g/mol. The van der Waals surface area contributed by atoms with Crippen molar-refractivity contribution in [1.82, 2.24) is 14.3 Å². The predicted molar refractivity (Wildman–Crippen MR) is 112 cm³/mol. The van der Waals surface area contributed by atoms with Crippen molar-refractivity contribution in [2.24, 2.45) is 0 Å². The van der Waals surface area contributed by atoms with Crippen LogP contribution in [-0.2, 0) is 16.0 Å². The standard InChI is InChI=1S/C22H23FN4O4/c23-14-3-1-4-15(7-14)24-17-12-30-19-10-26(11-20(19)31-13-17)9-16-8-21(29)27-6-2-5-18(28)22(27)25-16/h1-8,17,19-20,24,28H,9-13H2/t19-,20-/m0/s1. The Bertz CT molecular complexity index is 1140. The van der Waals surface area contributed by atoms with Gasteiger partial charge in [-0.2, -0.15) is 0 Å². The number of likely N-dealkylation sites (tertiary alicyclic amines) is 1. The van der Waals surface area contributed by atoms with Gasteiger partial charge in [0.2, 0.25) is 0 Å². The van der Waals surface area contributed by atoms with Crippen molar-refractivity contribution in [3.63, 3.8) is 0 Å². The third kappa shape index (κ3) is 4.25. The van der Waals surface area contributed by atoms with E-state index in [-0.39, 0.29) is 41.0 Å². The van der Waals surface area contributed by atoms with E-state index in [1.807, 2.05) is 6.07 Å². The average Bonchev–Trinajstić information content (AvgIpc) is 3.03. The summed E-state index contributed by atoms with van der Waals surface area (Å²) in [5.41, 5.74) is 1.30. The van der Waals surface area contributed by atoms with E-state index in [0.29, 0.717) is 44.2 Å². The van der Waals surface area contributed by atoms with Crippen LogP contribution < -0.4 is 10.9 Å². The van der Waals surface area contributed by atoms with Crippen molar-refractivity contribution in [3.8, 4) is 5.75 Å². The lowest BCUT2D eigenvalue weighted by molar-refractivity contribution is -0.00461. The van der Waals surface area contributed by atoms with Gasteiger partial charge in [-0.25, -0.2) is 9.37 Å². The number of halogens is 1. The van der Waals surface area contributed by atoms with Gasteiger partial charge in [0.1, 0.15) is 5.82 Å². The Morgan fingerprint density at radius 1 is 1.13 bits per heavy atom. The third-order valence-electron chi connectivity index (χ3n) is 5.62. The molecule has 2 fully saturated rings. The SMILES string of the molecule is O=c1cc(CN2C[C@@H]3OCC(Nc4cccc(F)c4)CO[C@H]3C2)nc2c(O)cccn12. The molecule has 0 aliphatic carbocycles. The molecule has 9 heteroatoms. The van der Waals surface area contributed by atoms with Gasteiger partial charge in [0.25, 0.3) is 5.56 Å². The number of hydrogen-bond donors (Lipinski definition) is 2. The normalized spacial score (nSPS) is 22.4. The molecule has 0 amide bonds. The second kappa shape index (κ2) is 8.26. The van der Waals surface area contributed by atoms with E-state index in [1.165, 1.54) is 28.7 Å². The molecule has 2 atom stereocenters. The van der Waals surface area contributed by atoms with Gasteiger partial charge in [0.15, 0.2) is 11.4 Å². The Labute approximate surface area is 177 Å². The molecule has 162 valence electrons. The van der Waals surface area contributed by atoms with E-state index in [9.17, 15) is 14.3 Å². The summed E-state index contributed by atoms with van der Waals surface area (Å²) in [5.74, 6) is -0.320. The van der Waals surface area contributed by atoms with Crippen molar-refractivity contribution in [2.45, 2.75) is 24.8 Å². The molecule has 4 heterocycles. The first kappa shape index (κ1) is 19.9. The van der Waals surface area contributed by atoms with Crippen LogP contribution in [0.2, 0.25) is 0 Å². The van der Waals surface area contributed by atoms with E-state index in [1.54, 1.807) is 18.3 Å².